The molecule has 0 aliphatic heterocycles. The fraction of sp³-hybridized carbons (Fsp3) is 0.182. The van der Waals surface area contributed by atoms with Gasteiger partial charge in [-0.15, -0.1) is 0 Å². The molecule has 0 amide bonds. The van der Waals surface area contributed by atoms with Gasteiger partial charge in [-0.2, -0.15) is 0 Å². The van der Waals surface area contributed by atoms with E-state index in [9.17, 15) is 9.59 Å². The Morgan fingerprint density at radius 1 is 0.815 bits per heavy atom. The first kappa shape index (κ1) is 17.1. The second-order valence-corrected chi connectivity index (χ2v) is 6.96. The third-order valence-corrected chi connectivity index (χ3v) is 5.13. The summed E-state index contributed by atoms with van der Waals surface area (Å²) < 4.78 is 4.66. The molecular weight excluding hydrogens is 338 g/mol. The predicted octanol–water partition coefficient (Wildman–Crippen LogP) is 3.31. The molecule has 136 valence electrons. The van der Waals surface area contributed by atoms with Gasteiger partial charge in [0.1, 0.15) is 5.52 Å². The molecule has 5 nitrogen and oxygen atoms in total. The van der Waals surface area contributed by atoms with Crippen molar-refractivity contribution in [2.75, 3.05) is 0 Å². The van der Waals surface area contributed by atoms with Crippen LogP contribution < -0.4 is 11.2 Å². The maximum atomic E-state index is 13.0. The van der Waals surface area contributed by atoms with Crippen molar-refractivity contribution < 1.29 is 0 Å². The van der Waals surface area contributed by atoms with Crippen LogP contribution in [-0.4, -0.2) is 13.7 Å². The average molecular weight is 359 g/mol. The maximum absolute atomic E-state index is 13.0. The van der Waals surface area contributed by atoms with Gasteiger partial charge in [-0.25, -0.2) is 4.79 Å². The van der Waals surface area contributed by atoms with E-state index in [2.05, 4.69) is 0 Å². The first-order chi connectivity index (χ1) is 12.9. The summed E-state index contributed by atoms with van der Waals surface area (Å²) in [5.74, 6) is 0. The number of benzene rings is 2. The summed E-state index contributed by atoms with van der Waals surface area (Å²) >= 11 is 0. The molecule has 0 aliphatic rings. The molecule has 0 saturated heterocycles. The molecule has 27 heavy (non-hydrogen) atoms. The lowest BCUT2D eigenvalue weighted by Gasteiger charge is -2.14. The second-order valence-electron chi connectivity index (χ2n) is 6.96. The molecule has 0 atom stereocenters. The summed E-state index contributed by atoms with van der Waals surface area (Å²) in [4.78, 5) is 25.5. The van der Waals surface area contributed by atoms with E-state index >= 15 is 0 Å². The van der Waals surface area contributed by atoms with E-state index in [1.54, 1.807) is 7.05 Å². The topological polar surface area (TPSA) is 48.9 Å². The van der Waals surface area contributed by atoms with Crippen molar-refractivity contribution in [3.63, 3.8) is 0 Å². The zero-order valence-electron chi connectivity index (χ0n) is 15.9. The van der Waals surface area contributed by atoms with E-state index in [1.807, 2.05) is 73.0 Å². The van der Waals surface area contributed by atoms with E-state index in [0.29, 0.717) is 11.0 Å². The number of rotatable bonds is 2. The van der Waals surface area contributed by atoms with Crippen molar-refractivity contribution in [1.29, 1.82) is 0 Å². The Kier molecular flexibility index (Phi) is 3.88. The molecule has 4 aromatic rings. The van der Waals surface area contributed by atoms with Gasteiger partial charge in [0.15, 0.2) is 0 Å². The Hall–Kier alpha value is -3.34. The lowest BCUT2D eigenvalue weighted by Crippen LogP contribution is -2.37. The minimum atomic E-state index is -0.329. The molecule has 0 bridgehead atoms. The van der Waals surface area contributed by atoms with Crippen molar-refractivity contribution in [3.8, 4) is 16.9 Å². The van der Waals surface area contributed by atoms with Crippen LogP contribution in [0.15, 0.2) is 64.2 Å². The highest BCUT2D eigenvalue weighted by molar-refractivity contribution is 5.86. The van der Waals surface area contributed by atoms with Crippen LogP contribution in [0.1, 0.15) is 11.1 Å². The minimum absolute atomic E-state index is 0.297. The SMILES string of the molecule is Cc1ccc(-c2cc3c(c(=O)n(C)c(=O)n3C)n2-c2ccccc2C)cc1. The van der Waals surface area contributed by atoms with Gasteiger partial charge in [0.2, 0.25) is 0 Å². The van der Waals surface area contributed by atoms with Crippen molar-refractivity contribution >= 4 is 11.0 Å². The third kappa shape index (κ3) is 2.54. The number of para-hydroxylation sites is 1. The van der Waals surface area contributed by atoms with Gasteiger partial charge in [-0.1, -0.05) is 48.0 Å². The van der Waals surface area contributed by atoms with E-state index < -0.39 is 0 Å². The molecule has 0 radical (unpaired) electrons. The van der Waals surface area contributed by atoms with Crippen LogP contribution in [0.25, 0.3) is 28.0 Å². The molecular formula is C22H21N3O2. The van der Waals surface area contributed by atoms with E-state index in [-0.39, 0.29) is 11.2 Å². The van der Waals surface area contributed by atoms with Crippen molar-refractivity contribution in [3.05, 3.63) is 86.6 Å². The largest absolute Gasteiger partial charge is 0.331 e. The monoisotopic (exact) mass is 359 g/mol. The quantitative estimate of drug-likeness (QED) is 0.551. The fourth-order valence-corrected chi connectivity index (χ4v) is 3.53. The predicted molar refractivity (Wildman–Crippen MR) is 109 cm³/mol. The number of hydrogen-bond acceptors (Lipinski definition) is 2. The highest BCUT2D eigenvalue weighted by atomic mass is 16.2. The Morgan fingerprint density at radius 3 is 2.15 bits per heavy atom. The van der Waals surface area contributed by atoms with Gasteiger partial charge in [0, 0.05) is 19.8 Å². The van der Waals surface area contributed by atoms with Gasteiger partial charge in [-0.05, 0) is 37.1 Å². The molecule has 0 aliphatic carbocycles. The van der Waals surface area contributed by atoms with Gasteiger partial charge in [-0.3, -0.25) is 13.9 Å². The van der Waals surface area contributed by atoms with E-state index in [1.165, 1.54) is 17.2 Å². The molecule has 0 unspecified atom stereocenters. The fourth-order valence-electron chi connectivity index (χ4n) is 3.53. The van der Waals surface area contributed by atoms with Crippen LogP contribution >= 0.6 is 0 Å². The lowest BCUT2D eigenvalue weighted by molar-refractivity contribution is 0.711. The summed E-state index contributed by atoms with van der Waals surface area (Å²) in [5.41, 5.74) is 5.54. The molecule has 0 fully saturated rings. The molecule has 5 heteroatoms. The number of aromatic nitrogens is 3. The van der Waals surface area contributed by atoms with Gasteiger partial charge in [0.05, 0.1) is 11.2 Å². The zero-order valence-corrected chi connectivity index (χ0v) is 15.9. The normalized spacial score (nSPS) is 11.3. The molecule has 2 aromatic heterocycles. The third-order valence-electron chi connectivity index (χ3n) is 5.13. The van der Waals surface area contributed by atoms with Gasteiger partial charge < -0.3 is 4.57 Å². The highest BCUT2D eigenvalue weighted by Gasteiger charge is 2.20. The maximum Gasteiger partial charge on any atom is 0.331 e. The average Bonchev–Trinajstić information content (AvgIpc) is 3.06. The first-order valence-corrected chi connectivity index (χ1v) is 8.84. The summed E-state index contributed by atoms with van der Waals surface area (Å²) in [6.45, 7) is 4.06. The second kappa shape index (κ2) is 6.13. The first-order valence-electron chi connectivity index (χ1n) is 8.84. The standard InChI is InChI=1S/C22H21N3O2/c1-14-9-11-16(12-10-14)18-13-19-20(21(26)24(4)22(27)23(19)3)25(18)17-8-6-5-7-15(17)2/h5-13H,1-4H3. The molecule has 0 saturated carbocycles. The van der Waals surface area contributed by atoms with Crippen LogP contribution in [-0.2, 0) is 14.1 Å². The summed E-state index contributed by atoms with van der Waals surface area (Å²) in [6.07, 6.45) is 0. The molecule has 2 heterocycles. The Morgan fingerprint density at radius 2 is 1.48 bits per heavy atom. The zero-order chi connectivity index (χ0) is 19.3. The summed E-state index contributed by atoms with van der Waals surface area (Å²) in [7, 11) is 3.22. The van der Waals surface area contributed by atoms with Crippen molar-refractivity contribution in [2.24, 2.45) is 14.1 Å². The van der Waals surface area contributed by atoms with Crippen LogP contribution in [0.4, 0.5) is 0 Å². The molecule has 0 N–H and O–H groups in total. The Balaban J connectivity index is 2.23. The van der Waals surface area contributed by atoms with E-state index in [4.69, 9.17) is 0 Å². The summed E-state index contributed by atoms with van der Waals surface area (Å²) in [5, 5.41) is 0. The Labute approximate surface area is 156 Å². The van der Waals surface area contributed by atoms with Crippen molar-refractivity contribution in [1.82, 2.24) is 13.7 Å². The Bertz CT molecular complexity index is 1290. The lowest BCUT2D eigenvalue weighted by atomic mass is 10.1. The molecule has 4 rings (SSSR count). The van der Waals surface area contributed by atoms with Crippen LogP contribution in [0.2, 0.25) is 0 Å². The number of nitrogens with zero attached hydrogens (tertiary/aromatic N) is 3. The minimum Gasteiger partial charge on any atom is -0.303 e. The molecule has 2 aromatic carbocycles. The van der Waals surface area contributed by atoms with Crippen LogP contribution in [0.3, 0.4) is 0 Å². The number of aryl methyl sites for hydroxylation is 3. The van der Waals surface area contributed by atoms with Gasteiger partial charge >= 0.3 is 5.69 Å². The van der Waals surface area contributed by atoms with Gasteiger partial charge in [0.25, 0.3) is 5.56 Å². The van der Waals surface area contributed by atoms with Crippen LogP contribution in [0, 0.1) is 13.8 Å². The smallest absolute Gasteiger partial charge is 0.303 e. The highest BCUT2D eigenvalue weighted by Crippen LogP contribution is 2.31. The molecule has 0 spiro atoms. The number of fused-ring (bicyclic) bond motifs is 1. The number of hydrogen-bond donors (Lipinski definition) is 0. The van der Waals surface area contributed by atoms with Crippen LogP contribution in [0.5, 0.6) is 0 Å². The summed E-state index contributed by atoms with van der Waals surface area (Å²) in [6, 6.07) is 18.1. The van der Waals surface area contributed by atoms with E-state index in [0.717, 1.165) is 27.1 Å². The van der Waals surface area contributed by atoms with Crippen molar-refractivity contribution in [2.45, 2.75) is 13.8 Å².